The lowest BCUT2D eigenvalue weighted by molar-refractivity contribution is -0.122. The molecule has 32 heavy (non-hydrogen) atoms. The van der Waals surface area contributed by atoms with Gasteiger partial charge in [-0.3, -0.25) is 4.79 Å². The highest BCUT2D eigenvalue weighted by atomic mass is 35.5. The summed E-state index contributed by atoms with van der Waals surface area (Å²) < 4.78 is 30.4. The molecule has 1 fully saturated rings. The first-order chi connectivity index (χ1) is 15.2. The summed E-state index contributed by atoms with van der Waals surface area (Å²) in [6.45, 7) is 7.54. The molecule has 170 valence electrons. The molecule has 4 rings (SSSR count). The van der Waals surface area contributed by atoms with Crippen LogP contribution in [-0.4, -0.2) is 36.3 Å². The highest BCUT2D eigenvalue weighted by molar-refractivity contribution is 7.89. The van der Waals surface area contributed by atoms with E-state index in [4.69, 9.17) is 11.6 Å². The van der Waals surface area contributed by atoms with E-state index in [2.05, 4.69) is 35.5 Å². The van der Waals surface area contributed by atoms with Gasteiger partial charge in [0.2, 0.25) is 10.0 Å². The van der Waals surface area contributed by atoms with Crippen molar-refractivity contribution in [1.29, 1.82) is 0 Å². The Morgan fingerprint density at radius 1 is 1.12 bits per heavy atom. The lowest BCUT2D eigenvalue weighted by Gasteiger charge is -2.29. The Bertz CT molecular complexity index is 1330. The predicted octanol–water partition coefficient (Wildman–Crippen LogP) is 4.52. The zero-order valence-electron chi connectivity index (χ0n) is 18.3. The first-order valence-electron chi connectivity index (χ1n) is 10.7. The summed E-state index contributed by atoms with van der Waals surface area (Å²) in [7, 11) is -3.59. The van der Waals surface area contributed by atoms with Gasteiger partial charge in [0.05, 0.1) is 15.1 Å². The lowest BCUT2D eigenvalue weighted by atomic mass is 9.98. The smallest absolute Gasteiger partial charge is 0.251 e. The van der Waals surface area contributed by atoms with E-state index >= 15 is 0 Å². The van der Waals surface area contributed by atoms with Gasteiger partial charge in [0.25, 0.3) is 5.91 Å². The van der Waals surface area contributed by atoms with E-state index in [1.54, 1.807) is 12.1 Å². The Balaban J connectivity index is 1.53. The maximum Gasteiger partial charge on any atom is 0.251 e. The second kappa shape index (κ2) is 9.09. The minimum Gasteiger partial charge on any atom is -0.317 e. The summed E-state index contributed by atoms with van der Waals surface area (Å²) in [5.74, 6) is -0.443. The molecule has 2 heterocycles. The zero-order chi connectivity index (χ0) is 23.0. The Morgan fingerprint density at radius 3 is 2.38 bits per heavy atom. The number of aromatic nitrogens is 1. The van der Waals surface area contributed by atoms with Gasteiger partial charge in [0.15, 0.2) is 4.80 Å². The van der Waals surface area contributed by atoms with Crippen molar-refractivity contribution >= 4 is 49.1 Å². The minimum atomic E-state index is -3.59. The molecule has 0 bridgehead atoms. The number of thiazole rings is 1. The number of carbonyl (C=O) groups excluding carboxylic acids is 1. The molecule has 0 N–H and O–H groups in total. The topological polar surface area (TPSA) is 71.7 Å². The SMILES string of the molecule is CCn1c(=NC(=O)C2CCN(S(=O)(=O)c3ccc(Cl)cc3)CC2)sc2cc(C)c(C)cc21. The number of halogens is 1. The van der Waals surface area contributed by atoms with Crippen molar-refractivity contribution in [3.05, 3.63) is 57.3 Å². The molecule has 0 saturated carbocycles. The second-order valence-electron chi connectivity index (χ2n) is 8.12. The van der Waals surface area contributed by atoms with Gasteiger partial charge in [0, 0.05) is 30.6 Å². The molecule has 1 saturated heterocycles. The lowest BCUT2D eigenvalue weighted by Crippen LogP contribution is -2.40. The van der Waals surface area contributed by atoms with Crippen LogP contribution < -0.4 is 4.80 Å². The summed E-state index contributed by atoms with van der Waals surface area (Å²) in [6.07, 6.45) is 0.925. The van der Waals surface area contributed by atoms with Crippen molar-refractivity contribution < 1.29 is 13.2 Å². The van der Waals surface area contributed by atoms with Crippen molar-refractivity contribution in [3.8, 4) is 0 Å². The molecule has 1 amide bonds. The van der Waals surface area contributed by atoms with Crippen molar-refractivity contribution in [2.75, 3.05) is 13.1 Å². The summed E-state index contributed by atoms with van der Waals surface area (Å²) in [6, 6.07) is 10.5. The van der Waals surface area contributed by atoms with Crippen LogP contribution in [0.25, 0.3) is 10.2 Å². The van der Waals surface area contributed by atoms with E-state index in [0.29, 0.717) is 35.8 Å². The second-order valence-corrected chi connectivity index (χ2v) is 11.5. The number of piperidine rings is 1. The number of nitrogens with zero attached hydrogens (tertiary/aromatic N) is 3. The highest BCUT2D eigenvalue weighted by Crippen LogP contribution is 2.26. The fourth-order valence-corrected chi connectivity index (χ4v) is 6.77. The fourth-order valence-electron chi connectivity index (χ4n) is 4.00. The van der Waals surface area contributed by atoms with E-state index in [-0.39, 0.29) is 16.7 Å². The van der Waals surface area contributed by atoms with Gasteiger partial charge in [0.1, 0.15) is 0 Å². The molecule has 6 nitrogen and oxygen atoms in total. The number of rotatable bonds is 4. The normalized spacial score (nSPS) is 16.7. The van der Waals surface area contributed by atoms with Crippen LogP contribution >= 0.6 is 22.9 Å². The Kier molecular flexibility index (Phi) is 6.58. The minimum absolute atomic E-state index is 0.171. The molecule has 0 unspecified atom stereocenters. The highest BCUT2D eigenvalue weighted by Gasteiger charge is 2.32. The third-order valence-electron chi connectivity index (χ3n) is 6.07. The third kappa shape index (κ3) is 4.41. The van der Waals surface area contributed by atoms with Crippen LogP contribution in [0.5, 0.6) is 0 Å². The number of hydrogen-bond acceptors (Lipinski definition) is 4. The molecule has 1 aromatic heterocycles. The largest absolute Gasteiger partial charge is 0.317 e. The number of aryl methyl sites for hydroxylation is 3. The first kappa shape index (κ1) is 23.2. The first-order valence-corrected chi connectivity index (χ1v) is 13.3. The van der Waals surface area contributed by atoms with Crippen LogP contribution in [0.1, 0.15) is 30.9 Å². The van der Waals surface area contributed by atoms with E-state index < -0.39 is 10.0 Å². The number of benzene rings is 2. The predicted molar refractivity (Wildman–Crippen MR) is 128 cm³/mol. The van der Waals surface area contributed by atoms with Gasteiger partial charge in [-0.05, 0) is 81.1 Å². The molecule has 0 radical (unpaired) electrons. The molecule has 0 aliphatic carbocycles. The molecule has 1 aliphatic heterocycles. The van der Waals surface area contributed by atoms with Crippen molar-refractivity contribution in [2.45, 2.75) is 45.1 Å². The molecule has 2 aromatic carbocycles. The fraction of sp³-hybridized carbons (Fsp3) is 0.391. The van der Waals surface area contributed by atoms with Gasteiger partial charge >= 0.3 is 0 Å². The van der Waals surface area contributed by atoms with Crippen LogP contribution in [0, 0.1) is 19.8 Å². The van der Waals surface area contributed by atoms with E-state index in [0.717, 1.165) is 16.8 Å². The van der Waals surface area contributed by atoms with Crippen molar-refractivity contribution in [1.82, 2.24) is 8.87 Å². The summed E-state index contributed by atoms with van der Waals surface area (Å²) >= 11 is 7.40. The van der Waals surface area contributed by atoms with Crippen LogP contribution in [0.15, 0.2) is 46.3 Å². The van der Waals surface area contributed by atoms with Crippen molar-refractivity contribution in [2.24, 2.45) is 10.9 Å². The average molecular weight is 492 g/mol. The summed E-state index contributed by atoms with van der Waals surface area (Å²) in [4.78, 5) is 18.3. The van der Waals surface area contributed by atoms with Crippen LogP contribution in [0.4, 0.5) is 0 Å². The van der Waals surface area contributed by atoms with Gasteiger partial charge in [-0.15, -0.1) is 0 Å². The Hall–Kier alpha value is -2.00. The standard InChI is InChI=1S/C23H26ClN3O3S2/c1-4-27-20-13-15(2)16(3)14-21(20)31-23(27)25-22(28)17-9-11-26(12-10-17)32(29,30)19-7-5-18(24)6-8-19/h5-8,13-14,17H,4,9-12H2,1-3H3. The number of amides is 1. The Labute approximate surface area is 197 Å². The average Bonchev–Trinajstić information content (AvgIpc) is 3.10. The van der Waals surface area contributed by atoms with E-state index in [1.165, 1.54) is 38.9 Å². The molecule has 3 aromatic rings. The molecule has 0 atom stereocenters. The maximum absolute atomic E-state index is 13.0. The monoisotopic (exact) mass is 491 g/mol. The Morgan fingerprint density at radius 2 is 1.75 bits per heavy atom. The van der Waals surface area contributed by atoms with Crippen LogP contribution in [-0.2, 0) is 21.4 Å². The van der Waals surface area contributed by atoms with Gasteiger partial charge in [-0.1, -0.05) is 22.9 Å². The van der Waals surface area contributed by atoms with E-state index in [1.807, 2.05) is 6.92 Å². The number of carbonyl (C=O) groups is 1. The van der Waals surface area contributed by atoms with E-state index in [9.17, 15) is 13.2 Å². The summed E-state index contributed by atoms with van der Waals surface area (Å²) in [5.41, 5.74) is 3.52. The number of sulfonamides is 1. The zero-order valence-corrected chi connectivity index (χ0v) is 20.7. The summed E-state index contributed by atoms with van der Waals surface area (Å²) in [5, 5.41) is 0.491. The molecule has 1 aliphatic rings. The van der Waals surface area contributed by atoms with Gasteiger partial charge < -0.3 is 4.57 Å². The molecule has 9 heteroatoms. The molecular formula is C23H26ClN3O3S2. The van der Waals surface area contributed by atoms with Crippen LogP contribution in [0.3, 0.4) is 0 Å². The number of hydrogen-bond donors (Lipinski definition) is 0. The van der Waals surface area contributed by atoms with Gasteiger partial charge in [-0.2, -0.15) is 9.30 Å². The van der Waals surface area contributed by atoms with Gasteiger partial charge in [-0.25, -0.2) is 8.42 Å². The maximum atomic E-state index is 13.0. The van der Waals surface area contributed by atoms with Crippen molar-refractivity contribution in [3.63, 3.8) is 0 Å². The third-order valence-corrected chi connectivity index (χ3v) is 9.28. The van der Waals surface area contributed by atoms with Crippen LogP contribution in [0.2, 0.25) is 5.02 Å². The molecule has 0 spiro atoms. The quantitative estimate of drug-likeness (QED) is 0.538. The number of fused-ring (bicyclic) bond motifs is 1. The molecular weight excluding hydrogens is 466 g/mol.